The molecule has 0 unspecified atom stereocenters. The van der Waals surface area contributed by atoms with Crippen molar-refractivity contribution in [3.8, 4) is 17.5 Å². The monoisotopic (exact) mass is 599 g/mol. The maximum absolute atomic E-state index is 14.1. The van der Waals surface area contributed by atoms with Gasteiger partial charge in [-0.05, 0) is 86.2 Å². The lowest BCUT2D eigenvalue weighted by molar-refractivity contribution is -0.111. The van der Waals surface area contributed by atoms with Crippen LogP contribution in [0.5, 0.6) is 5.75 Å². The van der Waals surface area contributed by atoms with Crippen molar-refractivity contribution in [2.24, 2.45) is 0 Å². The second-order valence-corrected chi connectivity index (χ2v) is 11.9. The highest BCUT2D eigenvalue weighted by Crippen LogP contribution is 2.23. The molecule has 0 aliphatic heterocycles. The summed E-state index contributed by atoms with van der Waals surface area (Å²) in [5, 5.41) is 13.3. The van der Waals surface area contributed by atoms with Crippen LogP contribution in [0.4, 0.5) is 5.69 Å². The maximum atomic E-state index is 14.1. The highest BCUT2D eigenvalue weighted by molar-refractivity contribution is 7.07. The van der Waals surface area contributed by atoms with E-state index in [1.807, 2.05) is 120 Å². The Hall–Kier alpha value is -5.19. The molecule has 1 amide bonds. The zero-order valence-corrected chi connectivity index (χ0v) is 26.2. The first kappa shape index (κ1) is 30.3. The minimum atomic E-state index is -0.563. The van der Waals surface area contributed by atoms with Gasteiger partial charge in [0.25, 0.3) is 11.5 Å². The number of anilines is 1. The topological polar surface area (TPSA) is 84.1 Å². The standard InChI is InChI=1S/C37H33N3O3S/c1-23-17-26(4)33(27(5)18-23)39-35(41)31(21-38)37-40(34-24(2)11-9-12-25(34)3)36(42)32(44-37)20-29-15-10-16-30(19-29)43-22-28-13-7-6-8-14-28/h6-20H,22H2,1-5H3,(H,39,41). The maximum Gasteiger partial charge on any atom is 0.273 e. The van der Waals surface area contributed by atoms with Gasteiger partial charge in [0.2, 0.25) is 0 Å². The normalized spacial score (nSPS) is 12.0. The predicted octanol–water partition coefficient (Wildman–Crippen LogP) is 6.16. The quantitative estimate of drug-likeness (QED) is 0.243. The molecule has 44 heavy (non-hydrogen) atoms. The molecule has 5 rings (SSSR count). The van der Waals surface area contributed by atoms with Crippen LogP contribution in [0.1, 0.15) is 38.9 Å². The molecule has 0 bridgehead atoms. The molecule has 0 aliphatic rings. The van der Waals surface area contributed by atoms with Crippen molar-refractivity contribution < 1.29 is 9.53 Å². The number of nitriles is 1. The second-order valence-electron chi connectivity index (χ2n) is 10.9. The number of aromatic nitrogens is 1. The van der Waals surface area contributed by atoms with Gasteiger partial charge in [0, 0.05) is 5.69 Å². The molecule has 0 saturated heterocycles. The number of aryl methyl sites for hydroxylation is 5. The zero-order chi connectivity index (χ0) is 31.4. The molecule has 0 saturated carbocycles. The lowest BCUT2D eigenvalue weighted by Crippen LogP contribution is -2.33. The number of hydrogen-bond donors (Lipinski definition) is 1. The molecular formula is C37H33N3O3S. The molecule has 1 N–H and O–H groups in total. The average molecular weight is 600 g/mol. The van der Waals surface area contributed by atoms with E-state index in [0.717, 1.165) is 50.3 Å². The Morgan fingerprint density at radius 2 is 1.55 bits per heavy atom. The van der Waals surface area contributed by atoms with Gasteiger partial charge in [0.15, 0.2) is 5.57 Å². The van der Waals surface area contributed by atoms with Crippen molar-refractivity contribution in [1.29, 1.82) is 5.26 Å². The third-order valence-corrected chi connectivity index (χ3v) is 8.45. The first-order chi connectivity index (χ1) is 21.2. The number of nitrogens with one attached hydrogen (secondary N) is 1. The van der Waals surface area contributed by atoms with Crippen LogP contribution in [-0.2, 0) is 11.4 Å². The Morgan fingerprint density at radius 3 is 2.20 bits per heavy atom. The van der Waals surface area contributed by atoms with Crippen molar-refractivity contribution in [3.05, 3.63) is 143 Å². The smallest absolute Gasteiger partial charge is 0.273 e. The molecular weight excluding hydrogens is 566 g/mol. The van der Waals surface area contributed by atoms with Crippen LogP contribution < -0.4 is 24.8 Å². The molecule has 7 heteroatoms. The Kier molecular flexibility index (Phi) is 8.94. The van der Waals surface area contributed by atoms with Gasteiger partial charge >= 0.3 is 0 Å². The highest BCUT2D eigenvalue weighted by Gasteiger charge is 2.20. The molecule has 0 aliphatic carbocycles. The number of nitrogens with zero attached hydrogens (tertiary/aromatic N) is 2. The van der Waals surface area contributed by atoms with Crippen LogP contribution in [0.15, 0.2) is 89.7 Å². The lowest BCUT2D eigenvalue weighted by Gasteiger charge is -2.13. The number of para-hydroxylation sites is 1. The number of rotatable bonds is 7. The molecule has 0 atom stereocenters. The third kappa shape index (κ3) is 6.41. The van der Waals surface area contributed by atoms with E-state index < -0.39 is 5.91 Å². The number of carbonyl (C=O) groups excluding carboxylic acids is 1. The van der Waals surface area contributed by atoms with Crippen LogP contribution >= 0.6 is 11.3 Å². The first-order valence-corrected chi connectivity index (χ1v) is 15.1. The molecule has 5 aromatic rings. The minimum Gasteiger partial charge on any atom is -0.489 e. The van der Waals surface area contributed by atoms with E-state index in [1.165, 1.54) is 4.57 Å². The summed E-state index contributed by atoms with van der Waals surface area (Å²) in [6, 6.07) is 29.2. The fourth-order valence-corrected chi connectivity index (χ4v) is 6.43. The van der Waals surface area contributed by atoms with Gasteiger partial charge in [-0.25, -0.2) is 0 Å². The summed E-state index contributed by atoms with van der Waals surface area (Å²) in [4.78, 5) is 27.8. The summed E-state index contributed by atoms with van der Waals surface area (Å²) < 4.78 is 8.17. The van der Waals surface area contributed by atoms with Gasteiger partial charge in [-0.3, -0.25) is 14.2 Å². The number of benzene rings is 4. The summed E-state index contributed by atoms with van der Waals surface area (Å²) in [5.74, 6) is 0.105. The van der Waals surface area contributed by atoms with E-state index in [9.17, 15) is 14.9 Å². The van der Waals surface area contributed by atoms with Gasteiger partial charge in [0.1, 0.15) is 23.1 Å². The van der Waals surface area contributed by atoms with Gasteiger partial charge in [-0.15, -0.1) is 11.3 Å². The molecule has 6 nitrogen and oxygen atoms in total. The minimum absolute atomic E-state index is 0.131. The summed E-state index contributed by atoms with van der Waals surface area (Å²) in [5.41, 5.74) is 7.29. The molecule has 0 radical (unpaired) electrons. The number of thiazole rings is 1. The summed E-state index contributed by atoms with van der Waals surface area (Å²) >= 11 is 1.13. The van der Waals surface area contributed by atoms with Crippen LogP contribution in [0, 0.1) is 45.9 Å². The Morgan fingerprint density at radius 1 is 0.886 bits per heavy atom. The van der Waals surface area contributed by atoms with Crippen molar-refractivity contribution in [3.63, 3.8) is 0 Å². The van der Waals surface area contributed by atoms with Crippen LogP contribution in [0.25, 0.3) is 17.3 Å². The highest BCUT2D eigenvalue weighted by atomic mass is 32.1. The second kappa shape index (κ2) is 13.0. The van der Waals surface area contributed by atoms with E-state index in [0.29, 0.717) is 28.3 Å². The van der Waals surface area contributed by atoms with Crippen molar-refractivity contribution in [2.75, 3.05) is 5.32 Å². The van der Waals surface area contributed by atoms with Crippen LogP contribution in [-0.4, -0.2) is 10.5 Å². The number of amides is 1. The Balaban J connectivity index is 1.66. The van der Waals surface area contributed by atoms with Gasteiger partial charge in [0.05, 0.1) is 10.2 Å². The van der Waals surface area contributed by atoms with Crippen LogP contribution in [0.3, 0.4) is 0 Å². The lowest BCUT2D eigenvalue weighted by atomic mass is 10.0. The fourth-order valence-electron chi connectivity index (χ4n) is 5.35. The number of ether oxygens (including phenoxy) is 1. The van der Waals surface area contributed by atoms with Crippen molar-refractivity contribution in [1.82, 2.24) is 4.57 Å². The molecule has 1 aromatic heterocycles. The molecule has 1 heterocycles. The van der Waals surface area contributed by atoms with E-state index in [2.05, 4.69) is 11.4 Å². The number of carbonyl (C=O) groups is 1. The zero-order valence-electron chi connectivity index (χ0n) is 25.4. The molecule has 0 spiro atoms. The van der Waals surface area contributed by atoms with Crippen LogP contribution in [0.2, 0.25) is 0 Å². The SMILES string of the molecule is Cc1cc(C)c(NC(=O)C(C#N)=c2sc(=Cc3cccc(OCc4ccccc4)c3)c(=O)n2-c2c(C)cccc2C)c(C)c1. The van der Waals surface area contributed by atoms with Gasteiger partial charge < -0.3 is 10.1 Å². The molecule has 4 aromatic carbocycles. The third-order valence-electron chi connectivity index (χ3n) is 7.36. The molecule has 0 fully saturated rings. The average Bonchev–Trinajstić information content (AvgIpc) is 3.29. The first-order valence-electron chi connectivity index (χ1n) is 14.3. The Bertz CT molecular complexity index is 2060. The van der Waals surface area contributed by atoms with E-state index >= 15 is 0 Å². The van der Waals surface area contributed by atoms with Gasteiger partial charge in [-0.2, -0.15) is 5.26 Å². The number of hydrogen-bond acceptors (Lipinski definition) is 5. The van der Waals surface area contributed by atoms with E-state index in [1.54, 1.807) is 6.08 Å². The van der Waals surface area contributed by atoms with Crippen molar-refractivity contribution >= 4 is 34.6 Å². The predicted molar refractivity (Wildman–Crippen MR) is 178 cm³/mol. The fraction of sp³-hybridized carbons (Fsp3) is 0.162. The molecule has 220 valence electrons. The summed E-state index contributed by atoms with van der Waals surface area (Å²) in [7, 11) is 0. The van der Waals surface area contributed by atoms with E-state index in [4.69, 9.17) is 4.74 Å². The van der Waals surface area contributed by atoms with E-state index in [-0.39, 0.29) is 15.8 Å². The van der Waals surface area contributed by atoms with Crippen molar-refractivity contribution in [2.45, 2.75) is 41.2 Å². The Labute approximate surface area is 260 Å². The summed E-state index contributed by atoms with van der Waals surface area (Å²) in [6.45, 7) is 10.1. The van der Waals surface area contributed by atoms with Gasteiger partial charge in [-0.1, -0.05) is 78.4 Å². The largest absolute Gasteiger partial charge is 0.489 e. The summed E-state index contributed by atoms with van der Waals surface area (Å²) in [6.07, 6.45) is 1.77.